The quantitative estimate of drug-likeness (QED) is 0.912. The van der Waals surface area contributed by atoms with Crippen molar-refractivity contribution in [1.29, 1.82) is 0 Å². The highest BCUT2D eigenvalue weighted by molar-refractivity contribution is 6.35. The van der Waals surface area contributed by atoms with E-state index in [1.54, 1.807) is 0 Å². The molecule has 0 bridgehead atoms. The number of nitrogens with zero attached hydrogens (tertiary/aromatic N) is 1. The van der Waals surface area contributed by atoms with Crippen LogP contribution >= 0.6 is 23.2 Å². The highest BCUT2D eigenvalue weighted by Gasteiger charge is 2.11. The Bertz CT molecular complexity index is 584. The maximum absolute atomic E-state index is 13.3. The normalized spacial score (nSPS) is 10.2. The van der Waals surface area contributed by atoms with E-state index in [1.807, 2.05) is 0 Å². The maximum atomic E-state index is 13.3. The van der Waals surface area contributed by atoms with Crippen LogP contribution in [0.5, 0.6) is 0 Å². The molecule has 1 aromatic heterocycles. The molecular weight excluding hydrogens is 278 g/mol. The largest absolute Gasteiger partial charge is 0.322 e. The van der Waals surface area contributed by atoms with Gasteiger partial charge < -0.3 is 5.32 Å². The number of hydrogen-bond acceptors (Lipinski definition) is 2. The highest BCUT2D eigenvalue weighted by atomic mass is 35.5. The van der Waals surface area contributed by atoms with E-state index in [0.717, 1.165) is 6.20 Å². The van der Waals surface area contributed by atoms with Crippen molar-refractivity contribution in [1.82, 2.24) is 4.98 Å². The average Bonchev–Trinajstić information content (AvgIpc) is 2.27. The molecule has 0 aliphatic heterocycles. The van der Waals surface area contributed by atoms with Gasteiger partial charge in [0.05, 0.1) is 11.8 Å². The molecule has 2 rings (SSSR count). The summed E-state index contributed by atoms with van der Waals surface area (Å²) in [5, 5.41) is 3.27. The summed E-state index contributed by atoms with van der Waals surface area (Å²) in [6.07, 6.45) is 2.31. The van der Waals surface area contributed by atoms with Gasteiger partial charge >= 0.3 is 0 Å². The van der Waals surface area contributed by atoms with Crippen LogP contribution in [0.3, 0.4) is 0 Å². The van der Waals surface area contributed by atoms with Gasteiger partial charge in [0.15, 0.2) is 5.82 Å². The molecule has 0 fully saturated rings. The first kappa shape index (κ1) is 12.8. The number of aromatic nitrogens is 1. The number of benzene rings is 1. The van der Waals surface area contributed by atoms with Gasteiger partial charge in [-0.05, 0) is 24.3 Å². The Kier molecular flexibility index (Phi) is 3.79. The molecule has 0 unspecified atom stereocenters. The van der Waals surface area contributed by atoms with Crippen molar-refractivity contribution in [2.24, 2.45) is 0 Å². The van der Waals surface area contributed by atoms with E-state index in [1.165, 1.54) is 30.5 Å². The van der Waals surface area contributed by atoms with E-state index in [9.17, 15) is 9.18 Å². The zero-order valence-corrected chi connectivity index (χ0v) is 10.5. The van der Waals surface area contributed by atoms with Gasteiger partial charge in [-0.25, -0.2) is 4.39 Å². The Morgan fingerprint density at radius 1 is 1.22 bits per heavy atom. The van der Waals surface area contributed by atoms with Crippen LogP contribution in [0.2, 0.25) is 10.0 Å². The predicted octanol–water partition coefficient (Wildman–Crippen LogP) is 3.78. The Labute approximate surface area is 113 Å². The van der Waals surface area contributed by atoms with Crippen LogP contribution in [0.4, 0.5) is 10.1 Å². The fraction of sp³-hybridized carbons (Fsp3) is 0. The number of hydrogen-bond donors (Lipinski definition) is 1. The lowest BCUT2D eigenvalue weighted by Gasteiger charge is -2.06. The summed E-state index contributed by atoms with van der Waals surface area (Å²) < 4.78 is 13.3. The van der Waals surface area contributed by atoms with Gasteiger partial charge in [0.25, 0.3) is 5.91 Å². The maximum Gasteiger partial charge on any atom is 0.258 e. The van der Waals surface area contributed by atoms with Crippen molar-refractivity contribution in [2.75, 3.05) is 5.32 Å². The van der Waals surface area contributed by atoms with Gasteiger partial charge in [-0.15, -0.1) is 0 Å². The van der Waals surface area contributed by atoms with Crippen molar-refractivity contribution in [3.63, 3.8) is 0 Å². The Hall–Kier alpha value is -1.65. The number of anilines is 1. The van der Waals surface area contributed by atoms with Crippen LogP contribution in [0.25, 0.3) is 0 Å². The minimum atomic E-state index is -0.692. The Balaban J connectivity index is 2.24. The van der Waals surface area contributed by atoms with Gasteiger partial charge in [-0.3, -0.25) is 9.78 Å². The van der Waals surface area contributed by atoms with Crippen LogP contribution in [0, 0.1) is 5.82 Å². The third-order valence-electron chi connectivity index (χ3n) is 2.14. The lowest BCUT2D eigenvalue weighted by molar-refractivity contribution is 0.102. The summed E-state index contributed by atoms with van der Waals surface area (Å²) >= 11 is 11.6. The van der Waals surface area contributed by atoms with E-state index in [2.05, 4.69) is 10.3 Å². The smallest absolute Gasteiger partial charge is 0.258 e. The van der Waals surface area contributed by atoms with Gasteiger partial charge in [-0.2, -0.15) is 0 Å². The Morgan fingerprint density at radius 3 is 2.50 bits per heavy atom. The molecule has 6 heteroatoms. The third-order valence-corrected chi connectivity index (χ3v) is 2.57. The second-order valence-electron chi connectivity index (χ2n) is 3.47. The molecule has 0 saturated carbocycles. The fourth-order valence-corrected chi connectivity index (χ4v) is 1.91. The topological polar surface area (TPSA) is 42.0 Å². The first-order chi connectivity index (χ1) is 8.56. The molecular formula is C12H7Cl2FN2O. The minimum absolute atomic E-state index is 0.0962. The molecule has 1 heterocycles. The van der Waals surface area contributed by atoms with E-state index < -0.39 is 11.7 Å². The van der Waals surface area contributed by atoms with E-state index >= 15 is 0 Å². The average molecular weight is 285 g/mol. The molecule has 18 heavy (non-hydrogen) atoms. The predicted molar refractivity (Wildman–Crippen MR) is 68.6 cm³/mol. The van der Waals surface area contributed by atoms with E-state index in [-0.39, 0.29) is 5.56 Å². The van der Waals surface area contributed by atoms with Gasteiger partial charge in [0.1, 0.15) is 0 Å². The number of pyridine rings is 1. The third kappa shape index (κ3) is 2.97. The number of nitrogens with one attached hydrogen (secondary N) is 1. The first-order valence-corrected chi connectivity index (χ1v) is 5.69. The van der Waals surface area contributed by atoms with Crippen LogP contribution in [0.1, 0.15) is 10.4 Å². The second kappa shape index (κ2) is 5.33. The molecule has 0 atom stereocenters. The number of rotatable bonds is 2. The number of amides is 1. The molecule has 1 N–H and O–H groups in total. The zero-order valence-electron chi connectivity index (χ0n) is 8.95. The molecule has 0 saturated heterocycles. The van der Waals surface area contributed by atoms with Gasteiger partial charge in [0.2, 0.25) is 0 Å². The summed E-state index contributed by atoms with van der Waals surface area (Å²) in [6, 6.07) is 5.86. The minimum Gasteiger partial charge on any atom is -0.322 e. The van der Waals surface area contributed by atoms with Crippen molar-refractivity contribution in [2.45, 2.75) is 0 Å². The van der Waals surface area contributed by atoms with Crippen molar-refractivity contribution >= 4 is 34.8 Å². The van der Waals surface area contributed by atoms with Crippen LogP contribution in [-0.2, 0) is 0 Å². The summed E-state index contributed by atoms with van der Waals surface area (Å²) in [4.78, 5) is 15.4. The number of carbonyl (C=O) groups is 1. The molecule has 0 radical (unpaired) electrons. The van der Waals surface area contributed by atoms with E-state index in [0.29, 0.717) is 15.7 Å². The molecule has 92 valence electrons. The number of halogens is 3. The zero-order chi connectivity index (χ0) is 13.1. The summed E-state index contributed by atoms with van der Waals surface area (Å²) in [7, 11) is 0. The van der Waals surface area contributed by atoms with Crippen molar-refractivity contribution in [3.05, 3.63) is 58.1 Å². The van der Waals surface area contributed by atoms with Crippen molar-refractivity contribution in [3.8, 4) is 0 Å². The lowest BCUT2D eigenvalue weighted by atomic mass is 10.2. The monoisotopic (exact) mass is 284 g/mol. The molecule has 2 aromatic rings. The summed E-state index contributed by atoms with van der Waals surface area (Å²) in [5.41, 5.74) is 0.301. The number of carbonyl (C=O) groups excluding carboxylic acids is 1. The van der Waals surface area contributed by atoms with Gasteiger partial charge in [0, 0.05) is 21.9 Å². The fourth-order valence-electron chi connectivity index (χ4n) is 1.38. The molecule has 0 spiro atoms. The SMILES string of the molecule is O=C(Nc1cc(Cl)cc(Cl)c1)c1ccncc1F. The Morgan fingerprint density at radius 2 is 1.89 bits per heavy atom. The molecule has 0 aliphatic rings. The van der Waals surface area contributed by atoms with Crippen LogP contribution < -0.4 is 5.32 Å². The van der Waals surface area contributed by atoms with Crippen LogP contribution in [-0.4, -0.2) is 10.9 Å². The van der Waals surface area contributed by atoms with E-state index in [4.69, 9.17) is 23.2 Å². The molecule has 1 amide bonds. The summed E-state index contributed by atoms with van der Waals surface area (Å²) in [5.74, 6) is -1.28. The highest BCUT2D eigenvalue weighted by Crippen LogP contribution is 2.23. The molecule has 0 aliphatic carbocycles. The van der Waals surface area contributed by atoms with Gasteiger partial charge in [-0.1, -0.05) is 23.2 Å². The van der Waals surface area contributed by atoms with Crippen LogP contribution in [0.15, 0.2) is 36.7 Å². The standard InChI is InChI=1S/C12H7Cl2FN2O/c13-7-3-8(14)5-9(4-7)17-12(18)10-1-2-16-6-11(10)15/h1-6H,(H,17,18). The summed E-state index contributed by atoms with van der Waals surface area (Å²) in [6.45, 7) is 0. The lowest BCUT2D eigenvalue weighted by Crippen LogP contribution is -2.13. The molecule has 1 aromatic carbocycles. The second-order valence-corrected chi connectivity index (χ2v) is 4.34. The molecule has 3 nitrogen and oxygen atoms in total. The first-order valence-electron chi connectivity index (χ1n) is 4.93. The van der Waals surface area contributed by atoms with Crippen molar-refractivity contribution < 1.29 is 9.18 Å².